The molecule has 0 unspecified atom stereocenters. The van der Waals surface area contributed by atoms with Crippen LogP contribution in [-0.4, -0.2) is 52.4 Å². The van der Waals surface area contributed by atoms with Crippen molar-refractivity contribution in [2.75, 3.05) is 25.0 Å². The third kappa shape index (κ3) is 3.88. The minimum Gasteiger partial charge on any atom is -0.360 e. The quantitative estimate of drug-likeness (QED) is 0.893. The van der Waals surface area contributed by atoms with E-state index in [0.29, 0.717) is 24.5 Å². The highest BCUT2D eigenvalue weighted by molar-refractivity contribution is 5.92. The largest absolute Gasteiger partial charge is 0.360 e. The van der Waals surface area contributed by atoms with E-state index in [0.717, 1.165) is 25.9 Å². The Morgan fingerprint density at radius 1 is 1.22 bits per heavy atom. The Hall–Kier alpha value is -2.67. The van der Waals surface area contributed by atoms with Gasteiger partial charge < -0.3 is 14.7 Å². The van der Waals surface area contributed by atoms with Gasteiger partial charge in [0.15, 0.2) is 5.82 Å². The second-order valence-electron chi connectivity index (χ2n) is 7.30. The summed E-state index contributed by atoms with van der Waals surface area (Å²) in [5, 5.41) is 6.55. The summed E-state index contributed by atoms with van der Waals surface area (Å²) >= 11 is 0. The van der Waals surface area contributed by atoms with E-state index in [-0.39, 0.29) is 24.4 Å². The zero-order valence-electron chi connectivity index (χ0n) is 15.5. The molecule has 0 radical (unpaired) electrons. The Bertz CT molecular complexity index is 841. The van der Waals surface area contributed by atoms with Crippen molar-refractivity contribution in [1.82, 2.24) is 15.0 Å². The molecule has 0 bridgehead atoms. The van der Waals surface area contributed by atoms with Crippen LogP contribution in [0.25, 0.3) is 0 Å². The smallest absolute Gasteiger partial charge is 0.240 e. The van der Waals surface area contributed by atoms with E-state index in [1.807, 2.05) is 21.9 Å². The lowest BCUT2D eigenvalue weighted by atomic mass is 9.93. The Kier molecular flexibility index (Phi) is 4.94. The number of hydrogen-bond acceptors (Lipinski definition) is 5. The molecule has 2 aliphatic heterocycles. The first-order valence-electron chi connectivity index (χ1n) is 9.43. The Balaban J connectivity index is 1.51. The first-order chi connectivity index (χ1) is 13.1. The summed E-state index contributed by atoms with van der Waals surface area (Å²) in [6.07, 6.45) is 2.75. The van der Waals surface area contributed by atoms with E-state index in [2.05, 4.69) is 22.6 Å². The van der Waals surface area contributed by atoms with Gasteiger partial charge in [0.05, 0.1) is 12.6 Å². The number of benzene rings is 1. The molecule has 7 nitrogen and oxygen atoms in total. The summed E-state index contributed by atoms with van der Waals surface area (Å²) in [4.78, 5) is 29.5. The maximum absolute atomic E-state index is 13.1. The van der Waals surface area contributed by atoms with Gasteiger partial charge in [-0.25, -0.2) is 0 Å². The first kappa shape index (κ1) is 17.7. The van der Waals surface area contributed by atoms with Crippen LogP contribution in [0.1, 0.15) is 29.7 Å². The molecule has 1 saturated heterocycles. The van der Waals surface area contributed by atoms with Crippen LogP contribution in [0.5, 0.6) is 0 Å². The van der Waals surface area contributed by atoms with Crippen LogP contribution >= 0.6 is 0 Å². The van der Waals surface area contributed by atoms with E-state index in [9.17, 15) is 9.59 Å². The fourth-order valence-corrected chi connectivity index (χ4v) is 3.93. The number of amides is 2. The number of nitrogens with one attached hydrogen (secondary N) is 1. The average Bonchev–Trinajstić information content (AvgIpc) is 3.32. The number of carbonyl (C=O) groups excluding carboxylic acids is 2. The van der Waals surface area contributed by atoms with Crippen LogP contribution in [0.3, 0.4) is 0 Å². The molecule has 2 aromatic rings. The third-order valence-electron chi connectivity index (χ3n) is 5.29. The van der Waals surface area contributed by atoms with Gasteiger partial charge in [-0.2, -0.15) is 0 Å². The molecule has 7 heteroatoms. The normalized spacial score (nSPS) is 19.7. The van der Waals surface area contributed by atoms with Gasteiger partial charge in [-0.05, 0) is 37.3 Å². The van der Waals surface area contributed by atoms with Crippen molar-refractivity contribution in [3.8, 4) is 0 Å². The van der Waals surface area contributed by atoms with Crippen LogP contribution in [0, 0.1) is 6.92 Å². The highest BCUT2D eigenvalue weighted by Crippen LogP contribution is 2.25. The van der Waals surface area contributed by atoms with E-state index in [4.69, 9.17) is 4.52 Å². The van der Waals surface area contributed by atoms with Gasteiger partial charge in [0, 0.05) is 25.7 Å². The molecule has 142 valence electrons. The summed E-state index contributed by atoms with van der Waals surface area (Å²) in [6.45, 7) is 4.13. The molecule has 0 aliphatic carbocycles. The minimum atomic E-state index is -0.303. The molecule has 0 spiro atoms. The summed E-state index contributed by atoms with van der Waals surface area (Å²) in [6, 6.07) is 9.52. The standard InChI is InChI=1S/C20H24N4O3/c1-14-10-18(22-27-14)21-19(25)13-24-12-16-7-3-2-6-15(16)11-17(24)20(26)23-8-4-5-9-23/h2-3,6-7,10,17H,4-5,8-9,11-13H2,1H3,(H,21,22,25)/t17-/m1/s1. The number of likely N-dealkylation sites (tertiary alicyclic amines) is 1. The van der Waals surface area contributed by atoms with Gasteiger partial charge in [-0.1, -0.05) is 29.4 Å². The van der Waals surface area contributed by atoms with Crippen molar-refractivity contribution in [2.45, 2.75) is 38.8 Å². The van der Waals surface area contributed by atoms with Crippen molar-refractivity contribution < 1.29 is 14.1 Å². The van der Waals surface area contributed by atoms with Crippen molar-refractivity contribution in [1.29, 1.82) is 0 Å². The van der Waals surface area contributed by atoms with Crippen molar-refractivity contribution in [2.24, 2.45) is 0 Å². The van der Waals surface area contributed by atoms with Gasteiger partial charge >= 0.3 is 0 Å². The molecule has 2 amide bonds. The number of rotatable bonds is 4. The molecule has 3 heterocycles. The number of fused-ring (bicyclic) bond motifs is 1. The molecular weight excluding hydrogens is 344 g/mol. The number of anilines is 1. The second kappa shape index (κ2) is 7.52. The van der Waals surface area contributed by atoms with E-state index in [1.165, 1.54) is 11.1 Å². The van der Waals surface area contributed by atoms with Gasteiger partial charge in [-0.3, -0.25) is 14.5 Å². The average molecular weight is 368 g/mol. The van der Waals surface area contributed by atoms with Crippen molar-refractivity contribution in [3.63, 3.8) is 0 Å². The summed E-state index contributed by atoms with van der Waals surface area (Å²) in [5.41, 5.74) is 2.37. The van der Waals surface area contributed by atoms with Crippen molar-refractivity contribution in [3.05, 3.63) is 47.2 Å². The molecular formula is C20H24N4O3. The minimum absolute atomic E-state index is 0.132. The van der Waals surface area contributed by atoms with E-state index in [1.54, 1.807) is 13.0 Å². The molecule has 1 fully saturated rings. The molecule has 1 aromatic heterocycles. The third-order valence-corrected chi connectivity index (χ3v) is 5.29. The summed E-state index contributed by atoms with van der Waals surface area (Å²) < 4.78 is 4.99. The molecule has 4 rings (SSSR count). The Morgan fingerprint density at radius 3 is 2.67 bits per heavy atom. The van der Waals surface area contributed by atoms with E-state index < -0.39 is 0 Å². The van der Waals surface area contributed by atoms with Crippen molar-refractivity contribution >= 4 is 17.6 Å². The second-order valence-corrected chi connectivity index (χ2v) is 7.30. The zero-order chi connectivity index (χ0) is 18.8. The molecule has 2 aliphatic rings. The monoisotopic (exact) mass is 368 g/mol. The molecule has 0 saturated carbocycles. The van der Waals surface area contributed by atoms with Gasteiger partial charge in [0.25, 0.3) is 0 Å². The lowest BCUT2D eigenvalue weighted by Crippen LogP contribution is -2.52. The number of nitrogens with zero attached hydrogens (tertiary/aromatic N) is 3. The molecule has 27 heavy (non-hydrogen) atoms. The van der Waals surface area contributed by atoms with Gasteiger partial charge in [0.2, 0.25) is 11.8 Å². The van der Waals surface area contributed by atoms with Gasteiger partial charge in [0.1, 0.15) is 5.76 Å². The fourth-order valence-electron chi connectivity index (χ4n) is 3.93. The van der Waals surface area contributed by atoms with Crippen LogP contribution in [0.2, 0.25) is 0 Å². The fraction of sp³-hybridized carbons (Fsp3) is 0.450. The number of aryl methyl sites for hydroxylation is 1. The maximum Gasteiger partial charge on any atom is 0.240 e. The summed E-state index contributed by atoms with van der Waals surface area (Å²) in [7, 11) is 0. The number of aromatic nitrogens is 1. The lowest BCUT2D eigenvalue weighted by Gasteiger charge is -2.37. The van der Waals surface area contributed by atoms with Crippen LogP contribution in [-0.2, 0) is 22.6 Å². The molecule has 1 aromatic carbocycles. The predicted molar refractivity (Wildman–Crippen MR) is 100 cm³/mol. The highest BCUT2D eigenvalue weighted by atomic mass is 16.5. The van der Waals surface area contributed by atoms with Gasteiger partial charge in [-0.15, -0.1) is 0 Å². The lowest BCUT2D eigenvalue weighted by molar-refractivity contribution is -0.137. The maximum atomic E-state index is 13.1. The predicted octanol–water partition coefficient (Wildman–Crippen LogP) is 1.97. The number of carbonyl (C=O) groups is 2. The Morgan fingerprint density at radius 2 is 1.96 bits per heavy atom. The van der Waals surface area contributed by atoms with Crippen LogP contribution < -0.4 is 5.32 Å². The highest BCUT2D eigenvalue weighted by Gasteiger charge is 2.35. The molecule has 1 atom stereocenters. The van der Waals surface area contributed by atoms with Crippen LogP contribution in [0.15, 0.2) is 34.9 Å². The SMILES string of the molecule is Cc1cc(NC(=O)CN2Cc3ccccc3C[C@@H]2C(=O)N2CCCC2)no1. The summed E-state index contributed by atoms with van der Waals surface area (Å²) in [5.74, 6) is 0.977. The molecule has 1 N–H and O–H groups in total. The zero-order valence-corrected chi connectivity index (χ0v) is 15.5. The topological polar surface area (TPSA) is 78.7 Å². The number of hydrogen-bond donors (Lipinski definition) is 1. The Labute approximate surface area is 158 Å². The van der Waals surface area contributed by atoms with Crippen LogP contribution in [0.4, 0.5) is 5.82 Å². The van der Waals surface area contributed by atoms with E-state index >= 15 is 0 Å². The first-order valence-corrected chi connectivity index (χ1v) is 9.43.